The summed E-state index contributed by atoms with van der Waals surface area (Å²) < 4.78 is 5.43. The molecule has 0 unspecified atom stereocenters. The fourth-order valence-electron chi connectivity index (χ4n) is 2.32. The second kappa shape index (κ2) is 9.86. The largest absolute Gasteiger partial charge is 0.380 e. The molecule has 0 bridgehead atoms. The Labute approximate surface area is 100 Å². The predicted octanol–water partition coefficient (Wildman–Crippen LogP) is 3.14. The molecule has 0 aromatic rings. The normalized spacial score (nSPS) is 17.5. The number of hydrogen-bond donors (Lipinski definition) is 1. The van der Waals surface area contributed by atoms with Gasteiger partial charge in [-0.3, -0.25) is 0 Å². The molecule has 0 aromatic carbocycles. The summed E-state index contributed by atoms with van der Waals surface area (Å²) in [5.41, 5.74) is 0. The van der Waals surface area contributed by atoms with E-state index in [0.29, 0.717) is 0 Å². The maximum atomic E-state index is 5.43. The van der Waals surface area contributed by atoms with Gasteiger partial charge in [0.2, 0.25) is 0 Å². The van der Waals surface area contributed by atoms with Crippen molar-refractivity contribution in [2.45, 2.75) is 44.9 Å². The third kappa shape index (κ3) is 7.02. The first-order chi connectivity index (χ1) is 7.93. The van der Waals surface area contributed by atoms with Gasteiger partial charge in [0.15, 0.2) is 0 Å². The van der Waals surface area contributed by atoms with Crippen molar-refractivity contribution >= 4 is 0 Å². The van der Waals surface area contributed by atoms with Crippen LogP contribution in [0.25, 0.3) is 0 Å². The van der Waals surface area contributed by atoms with Gasteiger partial charge in [-0.1, -0.05) is 38.2 Å². The topological polar surface area (TPSA) is 21.3 Å². The van der Waals surface area contributed by atoms with E-state index in [-0.39, 0.29) is 0 Å². The van der Waals surface area contributed by atoms with Crippen molar-refractivity contribution in [3.63, 3.8) is 0 Å². The molecule has 2 heteroatoms. The third-order valence-electron chi connectivity index (χ3n) is 3.34. The van der Waals surface area contributed by atoms with E-state index in [1.165, 1.54) is 38.5 Å². The molecule has 0 atom stereocenters. The smallest absolute Gasteiger partial charge is 0.0591 e. The molecule has 0 heterocycles. The van der Waals surface area contributed by atoms with E-state index in [1.807, 2.05) is 6.08 Å². The molecule has 1 N–H and O–H groups in total. The van der Waals surface area contributed by atoms with Crippen molar-refractivity contribution in [1.29, 1.82) is 0 Å². The van der Waals surface area contributed by atoms with Crippen molar-refractivity contribution in [1.82, 2.24) is 5.32 Å². The number of hydrogen-bond acceptors (Lipinski definition) is 2. The molecular weight excluding hydrogens is 198 g/mol. The van der Waals surface area contributed by atoms with Gasteiger partial charge in [-0.05, 0) is 25.3 Å². The van der Waals surface area contributed by atoms with E-state index in [4.69, 9.17) is 4.74 Å². The molecule has 1 aliphatic rings. The van der Waals surface area contributed by atoms with Crippen LogP contribution in [-0.2, 0) is 4.74 Å². The maximum Gasteiger partial charge on any atom is 0.0591 e. The Morgan fingerprint density at radius 2 is 1.94 bits per heavy atom. The summed E-state index contributed by atoms with van der Waals surface area (Å²) in [4.78, 5) is 0. The van der Waals surface area contributed by atoms with Crippen molar-refractivity contribution < 1.29 is 4.74 Å². The van der Waals surface area contributed by atoms with E-state index in [2.05, 4.69) is 11.9 Å². The van der Waals surface area contributed by atoms with Crippen LogP contribution in [0, 0.1) is 5.92 Å². The Kier molecular flexibility index (Phi) is 8.45. The van der Waals surface area contributed by atoms with E-state index in [1.54, 1.807) is 0 Å². The molecule has 0 aromatic heterocycles. The summed E-state index contributed by atoms with van der Waals surface area (Å²) in [7, 11) is 0. The SMILES string of the molecule is C=CCCOCCNCCC1CCCCC1. The molecule has 0 aliphatic heterocycles. The van der Waals surface area contributed by atoms with Crippen LogP contribution in [0.1, 0.15) is 44.9 Å². The van der Waals surface area contributed by atoms with Crippen LogP contribution in [-0.4, -0.2) is 26.3 Å². The van der Waals surface area contributed by atoms with Crippen LogP contribution in [0.15, 0.2) is 12.7 Å². The molecule has 0 saturated heterocycles. The second-order valence-electron chi connectivity index (χ2n) is 4.73. The van der Waals surface area contributed by atoms with Gasteiger partial charge < -0.3 is 10.1 Å². The lowest BCUT2D eigenvalue weighted by Gasteiger charge is -2.21. The third-order valence-corrected chi connectivity index (χ3v) is 3.34. The zero-order chi connectivity index (χ0) is 11.5. The minimum atomic E-state index is 0.813. The summed E-state index contributed by atoms with van der Waals surface area (Å²) in [6.07, 6.45) is 11.5. The summed E-state index contributed by atoms with van der Waals surface area (Å²) in [6.45, 7) is 7.46. The molecule has 0 spiro atoms. The van der Waals surface area contributed by atoms with Gasteiger partial charge in [-0.25, -0.2) is 0 Å². The standard InChI is InChI=1S/C14H27NO/c1-2-3-12-16-13-11-15-10-9-14-7-5-4-6-8-14/h2,14-15H,1,3-13H2. The summed E-state index contributed by atoms with van der Waals surface area (Å²) >= 11 is 0. The molecule has 1 rings (SSSR count). The zero-order valence-corrected chi connectivity index (χ0v) is 10.5. The summed E-state index contributed by atoms with van der Waals surface area (Å²) in [6, 6.07) is 0. The van der Waals surface area contributed by atoms with Crippen molar-refractivity contribution in [2.75, 3.05) is 26.3 Å². The molecule has 2 nitrogen and oxygen atoms in total. The lowest BCUT2D eigenvalue weighted by atomic mass is 9.87. The van der Waals surface area contributed by atoms with Crippen LogP contribution >= 0.6 is 0 Å². The minimum Gasteiger partial charge on any atom is -0.380 e. The highest BCUT2D eigenvalue weighted by atomic mass is 16.5. The molecule has 1 saturated carbocycles. The number of nitrogens with one attached hydrogen (secondary N) is 1. The summed E-state index contributed by atoms with van der Waals surface area (Å²) in [5.74, 6) is 0.989. The van der Waals surface area contributed by atoms with E-state index >= 15 is 0 Å². The molecule has 1 aliphatic carbocycles. The highest BCUT2D eigenvalue weighted by Gasteiger charge is 2.12. The van der Waals surface area contributed by atoms with Crippen molar-refractivity contribution in [3.05, 3.63) is 12.7 Å². The first-order valence-electron chi connectivity index (χ1n) is 6.83. The van der Waals surface area contributed by atoms with Crippen LogP contribution in [0.2, 0.25) is 0 Å². The second-order valence-corrected chi connectivity index (χ2v) is 4.73. The van der Waals surface area contributed by atoms with Gasteiger partial charge in [-0.2, -0.15) is 0 Å². The van der Waals surface area contributed by atoms with Crippen LogP contribution in [0.3, 0.4) is 0 Å². The summed E-state index contributed by atoms with van der Waals surface area (Å²) in [5, 5.41) is 3.46. The Bertz CT molecular complexity index is 164. The Morgan fingerprint density at radius 3 is 2.69 bits per heavy atom. The van der Waals surface area contributed by atoms with E-state index in [0.717, 1.165) is 38.6 Å². The first-order valence-corrected chi connectivity index (χ1v) is 6.83. The average Bonchev–Trinajstić information content (AvgIpc) is 2.34. The predicted molar refractivity (Wildman–Crippen MR) is 69.7 cm³/mol. The molecule has 94 valence electrons. The molecule has 0 amide bonds. The first kappa shape index (κ1) is 13.7. The maximum absolute atomic E-state index is 5.43. The number of ether oxygens (including phenoxy) is 1. The highest BCUT2D eigenvalue weighted by molar-refractivity contribution is 4.67. The molecule has 16 heavy (non-hydrogen) atoms. The van der Waals surface area contributed by atoms with Crippen molar-refractivity contribution in [2.24, 2.45) is 5.92 Å². The van der Waals surface area contributed by atoms with Gasteiger partial charge in [0.25, 0.3) is 0 Å². The quantitative estimate of drug-likeness (QED) is 0.481. The van der Waals surface area contributed by atoms with Gasteiger partial charge >= 0.3 is 0 Å². The van der Waals surface area contributed by atoms with Gasteiger partial charge in [0.1, 0.15) is 0 Å². The molecule has 0 radical (unpaired) electrons. The van der Waals surface area contributed by atoms with Crippen LogP contribution in [0.4, 0.5) is 0 Å². The fourth-order valence-corrected chi connectivity index (χ4v) is 2.32. The van der Waals surface area contributed by atoms with Crippen molar-refractivity contribution in [3.8, 4) is 0 Å². The Hall–Kier alpha value is -0.340. The highest BCUT2D eigenvalue weighted by Crippen LogP contribution is 2.25. The monoisotopic (exact) mass is 225 g/mol. The average molecular weight is 225 g/mol. The van der Waals surface area contributed by atoms with Crippen LogP contribution < -0.4 is 5.32 Å². The number of rotatable bonds is 9. The van der Waals surface area contributed by atoms with Gasteiger partial charge in [-0.15, -0.1) is 6.58 Å². The van der Waals surface area contributed by atoms with E-state index in [9.17, 15) is 0 Å². The lowest BCUT2D eigenvalue weighted by Crippen LogP contribution is -2.23. The van der Waals surface area contributed by atoms with Crippen LogP contribution in [0.5, 0.6) is 0 Å². The Morgan fingerprint density at radius 1 is 1.12 bits per heavy atom. The molecule has 1 fully saturated rings. The van der Waals surface area contributed by atoms with Gasteiger partial charge in [0, 0.05) is 6.54 Å². The Balaban J connectivity index is 1.78. The minimum absolute atomic E-state index is 0.813. The fraction of sp³-hybridized carbons (Fsp3) is 0.857. The van der Waals surface area contributed by atoms with E-state index < -0.39 is 0 Å². The van der Waals surface area contributed by atoms with Gasteiger partial charge in [0.05, 0.1) is 13.2 Å². The lowest BCUT2D eigenvalue weighted by molar-refractivity contribution is 0.140. The zero-order valence-electron chi connectivity index (χ0n) is 10.5. The molecular formula is C14H27NO.